The number of aromatic nitrogens is 2. The number of amides is 1. The summed E-state index contributed by atoms with van der Waals surface area (Å²) in [7, 11) is 0. The molecule has 0 N–H and O–H groups in total. The van der Waals surface area contributed by atoms with Gasteiger partial charge in [0.05, 0.1) is 5.02 Å². The summed E-state index contributed by atoms with van der Waals surface area (Å²) in [5.74, 6) is 1.47. The Labute approximate surface area is 174 Å². The maximum absolute atomic E-state index is 13.2. The third-order valence-corrected chi connectivity index (χ3v) is 5.97. The van der Waals surface area contributed by atoms with Gasteiger partial charge in [0.25, 0.3) is 0 Å². The van der Waals surface area contributed by atoms with E-state index in [0.29, 0.717) is 37.2 Å². The van der Waals surface area contributed by atoms with Crippen molar-refractivity contribution in [2.75, 3.05) is 24.5 Å². The van der Waals surface area contributed by atoms with Gasteiger partial charge < -0.3 is 14.5 Å². The normalized spacial score (nSPS) is 20.2. The molecule has 6 nitrogen and oxygen atoms in total. The average molecular weight is 419 g/mol. The minimum absolute atomic E-state index is 0.114. The largest absolute Gasteiger partial charge is 0.437 e. The summed E-state index contributed by atoms with van der Waals surface area (Å²) >= 11 is 6.03. The number of hydrogen-bond acceptors (Lipinski definition) is 5. The van der Waals surface area contributed by atoms with Gasteiger partial charge in [0, 0.05) is 37.7 Å². The molecule has 1 unspecified atom stereocenters. The molecule has 2 aromatic rings. The predicted molar refractivity (Wildman–Crippen MR) is 109 cm³/mol. The third kappa shape index (κ3) is 4.45. The lowest BCUT2D eigenvalue weighted by molar-refractivity contribution is -0.137. The number of hydrogen-bond donors (Lipinski definition) is 0. The van der Waals surface area contributed by atoms with Crippen molar-refractivity contribution in [3.8, 4) is 11.6 Å². The first-order valence-electron chi connectivity index (χ1n) is 10.0. The van der Waals surface area contributed by atoms with E-state index in [1.165, 1.54) is 24.5 Å². The molecule has 1 aromatic heterocycles. The Hall–Kier alpha value is -2.41. The van der Waals surface area contributed by atoms with Crippen molar-refractivity contribution in [1.29, 1.82) is 0 Å². The highest BCUT2D eigenvalue weighted by Gasteiger charge is 2.33. The molecule has 29 heavy (non-hydrogen) atoms. The van der Waals surface area contributed by atoms with Crippen LogP contribution in [-0.2, 0) is 4.79 Å². The van der Waals surface area contributed by atoms with Crippen LogP contribution in [-0.4, -0.2) is 46.5 Å². The highest BCUT2D eigenvalue weighted by atomic mass is 35.5. The second-order valence-corrected chi connectivity index (χ2v) is 8.11. The van der Waals surface area contributed by atoms with Crippen LogP contribution in [0.4, 0.5) is 10.2 Å². The SMILES string of the molecule is CC1CN(c2cc(Oc3ccc(F)cc3Cl)ncn2)CCN1C(=O)C1CCCC1. The van der Waals surface area contributed by atoms with Crippen molar-refractivity contribution in [3.05, 3.63) is 41.4 Å². The Balaban J connectivity index is 1.43. The van der Waals surface area contributed by atoms with Gasteiger partial charge in [0.2, 0.25) is 11.8 Å². The molecule has 2 fully saturated rings. The molecule has 1 saturated heterocycles. The van der Waals surface area contributed by atoms with E-state index in [1.54, 1.807) is 6.07 Å². The van der Waals surface area contributed by atoms with E-state index in [2.05, 4.69) is 21.8 Å². The van der Waals surface area contributed by atoms with Crippen LogP contribution < -0.4 is 9.64 Å². The van der Waals surface area contributed by atoms with Gasteiger partial charge in [-0.2, -0.15) is 0 Å². The summed E-state index contributed by atoms with van der Waals surface area (Å²) in [4.78, 5) is 25.4. The monoisotopic (exact) mass is 418 g/mol. The molecule has 8 heteroatoms. The van der Waals surface area contributed by atoms with Crippen molar-refractivity contribution in [1.82, 2.24) is 14.9 Å². The Kier molecular flexibility index (Phi) is 5.85. The third-order valence-electron chi connectivity index (χ3n) is 5.67. The molecular formula is C21H24ClFN4O2. The van der Waals surface area contributed by atoms with Gasteiger partial charge in [-0.1, -0.05) is 24.4 Å². The Morgan fingerprint density at radius 1 is 1.21 bits per heavy atom. The summed E-state index contributed by atoms with van der Waals surface area (Å²) in [6.07, 6.45) is 5.79. The number of halogens is 2. The van der Waals surface area contributed by atoms with E-state index >= 15 is 0 Å². The van der Waals surface area contributed by atoms with Gasteiger partial charge in [-0.25, -0.2) is 14.4 Å². The molecule has 4 rings (SSSR count). The number of carbonyl (C=O) groups excluding carboxylic acids is 1. The zero-order valence-corrected chi connectivity index (χ0v) is 17.1. The fourth-order valence-electron chi connectivity index (χ4n) is 4.13. The van der Waals surface area contributed by atoms with Crippen LogP contribution in [0.15, 0.2) is 30.6 Å². The first kappa shape index (κ1) is 19.9. The quantitative estimate of drug-likeness (QED) is 0.741. The zero-order valence-electron chi connectivity index (χ0n) is 16.4. The number of benzene rings is 1. The molecule has 2 heterocycles. The average Bonchev–Trinajstić information content (AvgIpc) is 3.25. The summed E-state index contributed by atoms with van der Waals surface area (Å²) in [6.45, 7) is 4.17. The van der Waals surface area contributed by atoms with Crippen LogP contribution in [0.25, 0.3) is 0 Å². The summed E-state index contributed by atoms with van der Waals surface area (Å²) in [5.41, 5.74) is 0. The highest BCUT2D eigenvalue weighted by molar-refractivity contribution is 6.32. The van der Waals surface area contributed by atoms with E-state index in [4.69, 9.17) is 16.3 Å². The number of nitrogens with zero attached hydrogens (tertiary/aromatic N) is 4. The van der Waals surface area contributed by atoms with Gasteiger partial charge in [-0.05, 0) is 38.0 Å². The molecule has 0 radical (unpaired) electrons. The van der Waals surface area contributed by atoms with Crippen molar-refractivity contribution in [2.45, 2.75) is 38.6 Å². The highest BCUT2D eigenvalue weighted by Crippen LogP contribution is 2.31. The van der Waals surface area contributed by atoms with Crippen LogP contribution in [0.2, 0.25) is 5.02 Å². The van der Waals surface area contributed by atoms with E-state index in [-0.39, 0.29) is 17.0 Å². The molecule has 0 spiro atoms. The van der Waals surface area contributed by atoms with E-state index in [1.807, 2.05) is 4.90 Å². The minimum Gasteiger partial charge on any atom is -0.437 e. The van der Waals surface area contributed by atoms with Gasteiger partial charge in [-0.15, -0.1) is 0 Å². The van der Waals surface area contributed by atoms with Gasteiger partial charge in [-0.3, -0.25) is 4.79 Å². The maximum Gasteiger partial charge on any atom is 0.226 e. The lowest BCUT2D eigenvalue weighted by Crippen LogP contribution is -2.55. The Bertz CT molecular complexity index is 891. The van der Waals surface area contributed by atoms with Crippen molar-refractivity contribution < 1.29 is 13.9 Å². The molecule has 2 aliphatic rings. The smallest absolute Gasteiger partial charge is 0.226 e. The molecule has 1 saturated carbocycles. The molecule has 154 valence electrons. The van der Waals surface area contributed by atoms with Crippen LogP contribution in [0.3, 0.4) is 0 Å². The summed E-state index contributed by atoms with van der Waals surface area (Å²) < 4.78 is 18.9. The predicted octanol–water partition coefficient (Wildman–Crippen LogP) is 4.29. The fourth-order valence-corrected chi connectivity index (χ4v) is 4.34. The van der Waals surface area contributed by atoms with Crippen LogP contribution in [0.5, 0.6) is 11.6 Å². The standard InChI is InChI=1S/C21H24ClFN4O2/c1-14-12-26(8-9-27(14)21(28)15-4-2-3-5-15)19-11-20(25-13-24-19)29-18-7-6-16(23)10-17(18)22/h6-7,10-11,13-15H,2-5,8-9,12H2,1H3. The first-order chi connectivity index (χ1) is 14.0. The number of rotatable bonds is 4. The molecule has 1 aliphatic heterocycles. The summed E-state index contributed by atoms with van der Waals surface area (Å²) in [6, 6.07) is 5.80. The van der Waals surface area contributed by atoms with Crippen LogP contribution in [0, 0.1) is 11.7 Å². The minimum atomic E-state index is -0.426. The second kappa shape index (κ2) is 8.53. The van der Waals surface area contributed by atoms with Crippen LogP contribution >= 0.6 is 11.6 Å². The lowest BCUT2D eigenvalue weighted by Gasteiger charge is -2.41. The molecular weight excluding hydrogens is 395 g/mol. The van der Waals surface area contributed by atoms with E-state index < -0.39 is 5.82 Å². The zero-order chi connectivity index (χ0) is 20.4. The Morgan fingerprint density at radius 2 is 2.00 bits per heavy atom. The van der Waals surface area contributed by atoms with Crippen LogP contribution in [0.1, 0.15) is 32.6 Å². The number of anilines is 1. The van der Waals surface area contributed by atoms with E-state index in [0.717, 1.165) is 31.5 Å². The number of ether oxygens (including phenoxy) is 1. The summed E-state index contributed by atoms with van der Waals surface area (Å²) in [5, 5.41) is 0.179. The fraction of sp³-hybridized carbons (Fsp3) is 0.476. The molecule has 0 bridgehead atoms. The van der Waals surface area contributed by atoms with Crippen molar-refractivity contribution in [2.24, 2.45) is 5.92 Å². The number of piperazine rings is 1. The van der Waals surface area contributed by atoms with Crippen molar-refractivity contribution in [3.63, 3.8) is 0 Å². The molecule has 1 amide bonds. The lowest BCUT2D eigenvalue weighted by atomic mass is 10.0. The molecule has 1 aromatic carbocycles. The molecule has 1 atom stereocenters. The maximum atomic E-state index is 13.2. The first-order valence-corrected chi connectivity index (χ1v) is 10.4. The van der Waals surface area contributed by atoms with E-state index in [9.17, 15) is 9.18 Å². The topological polar surface area (TPSA) is 58.6 Å². The Morgan fingerprint density at radius 3 is 2.72 bits per heavy atom. The van der Waals surface area contributed by atoms with Gasteiger partial charge in [0.15, 0.2) is 0 Å². The number of carbonyl (C=O) groups is 1. The van der Waals surface area contributed by atoms with Crippen molar-refractivity contribution >= 4 is 23.3 Å². The van der Waals surface area contributed by atoms with Gasteiger partial charge in [0.1, 0.15) is 23.7 Å². The second-order valence-electron chi connectivity index (χ2n) is 7.70. The molecule has 1 aliphatic carbocycles. The van der Waals surface area contributed by atoms with Gasteiger partial charge >= 0.3 is 0 Å².